The van der Waals surface area contributed by atoms with Gasteiger partial charge in [-0.1, -0.05) is 19.3 Å². The Hall–Kier alpha value is 0.740. The van der Waals surface area contributed by atoms with Gasteiger partial charge in [-0.25, -0.2) is 0 Å². The number of rotatable bonds is 5. The molecule has 0 aromatic heterocycles. The van der Waals surface area contributed by atoms with Crippen molar-refractivity contribution in [3.63, 3.8) is 0 Å². The summed E-state index contributed by atoms with van der Waals surface area (Å²) >= 11 is 0. The van der Waals surface area contributed by atoms with Crippen LogP contribution in [0.15, 0.2) is 0 Å². The first-order chi connectivity index (χ1) is 11.2. The minimum atomic E-state index is -2.21. The third kappa shape index (κ3) is 4.29. The van der Waals surface area contributed by atoms with E-state index in [0.717, 1.165) is 0 Å². The second kappa shape index (κ2) is 8.91. The Balaban J connectivity index is 1.91. The predicted molar refractivity (Wildman–Crippen MR) is 100.0 cm³/mol. The van der Waals surface area contributed by atoms with E-state index in [1.807, 2.05) is 0 Å². The molecule has 0 saturated heterocycles. The molecule has 3 saturated carbocycles. The fourth-order valence-electron chi connectivity index (χ4n) is 5.67. The molecule has 0 unspecified atom stereocenters. The average molecular weight is 361 g/mol. The molecule has 3 aliphatic carbocycles. The fourth-order valence-corrected chi connectivity index (χ4v) is 13.6. The highest BCUT2D eigenvalue weighted by Gasteiger charge is 2.61. The van der Waals surface area contributed by atoms with Crippen LogP contribution in [0.2, 0.25) is 0 Å². The smallest absolute Gasteiger partial charge is 0.326 e. The van der Waals surface area contributed by atoms with Gasteiger partial charge < -0.3 is 9.79 Å². The van der Waals surface area contributed by atoms with Crippen molar-refractivity contribution in [3.05, 3.63) is 0 Å². The van der Waals surface area contributed by atoms with E-state index in [1.165, 1.54) is 96.3 Å². The van der Waals surface area contributed by atoms with Crippen molar-refractivity contribution >= 4 is 16.1 Å². The second-order valence-corrected chi connectivity index (χ2v) is 12.8. The van der Waals surface area contributed by atoms with Crippen LogP contribution in [0.25, 0.3) is 0 Å². The monoisotopic (exact) mass is 361 g/mol. The van der Waals surface area contributed by atoms with E-state index < -0.39 is 16.1 Å². The van der Waals surface area contributed by atoms with Gasteiger partial charge >= 0.3 is 8.60 Å². The second-order valence-electron chi connectivity index (χ2n) is 7.97. The minimum absolute atomic E-state index is 0.659. The van der Waals surface area contributed by atoms with Crippen LogP contribution in [0.3, 0.4) is 0 Å². The van der Waals surface area contributed by atoms with Crippen LogP contribution in [0.5, 0.6) is 0 Å². The highest BCUT2D eigenvalue weighted by Crippen LogP contribution is 2.81. The molecule has 0 amide bonds. The maximum absolute atomic E-state index is 9.91. The first kappa shape index (κ1) is 18.5. The Labute approximate surface area is 144 Å². The normalized spacial score (nSPS) is 26.7. The molecule has 0 spiro atoms. The molecule has 3 nitrogen and oxygen atoms in total. The molecule has 23 heavy (non-hydrogen) atoms. The van der Waals surface area contributed by atoms with Gasteiger partial charge in [-0.15, -0.1) is 0 Å². The third-order valence-corrected chi connectivity index (χ3v) is 13.3. The summed E-state index contributed by atoms with van der Waals surface area (Å²) in [5.74, 6) is 0. The molecule has 0 aromatic rings. The molecule has 0 aromatic carbocycles. The lowest BCUT2D eigenvalue weighted by molar-refractivity contribution is 0.350. The van der Waals surface area contributed by atoms with Crippen molar-refractivity contribution in [2.75, 3.05) is 0 Å². The van der Waals surface area contributed by atoms with E-state index >= 15 is 0 Å². The zero-order valence-corrected chi connectivity index (χ0v) is 16.3. The predicted octanol–water partition coefficient (Wildman–Crippen LogP) is 6.15. The zero-order chi connectivity index (χ0) is 16.1. The number of hydrogen-bond acceptors (Lipinski definition) is 3. The Kier molecular flexibility index (Phi) is 7.17. The lowest BCUT2D eigenvalue weighted by atomic mass is 9.99. The first-order valence-electron chi connectivity index (χ1n) is 9.99. The van der Waals surface area contributed by atoms with Crippen LogP contribution in [-0.4, -0.2) is 26.8 Å². The van der Waals surface area contributed by atoms with E-state index in [-0.39, 0.29) is 0 Å². The van der Waals surface area contributed by atoms with Crippen molar-refractivity contribution in [2.45, 2.75) is 113 Å². The molecular formula is C18H35O3P2+. The Morgan fingerprint density at radius 2 is 0.870 bits per heavy atom. The van der Waals surface area contributed by atoms with E-state index in [2.05, 4.69) is 0 Å². The van der Waals surface area contributed by atoms with Gasteiger partial charge in [-0.05, 0) is 77.0 Å². The molecule has 3 fully saturated rings. The summed E-state index contributed by atoms with van der Waals surface area (Å²) in [4.78, 5) is 19.8. The fraction of sp³-hybridized carbons (Fsp3) is 1.00. The molecular weight excluding hydrogens is 326 g/mol. The largest absolute Gasteiger partial charge is 0.366 e. The quantitative estimate of drug-likeness (QED) is 0.578. The Morgan fingerprint density at radius 3 is 1.13 bits per heavy atom. The highest BCUT2D eigenvalue weighted by atomic mass is 31.3. The van der Waals surface area contributed by atoms with Crippen LogP contribution in [0, 0.1) is 0 Å². The first-order valence-corrected chi connectivity index (χ1v) is 13.1. The van der Waals surface area contributed by atoms with Gasteiger partial charge in [0, 0.05) is 0 Å². The summed E-state index contributed by atoms with van der Waals surface area (Å²) in [6, 6.07) is 0. The van der Waals surface area contributed by atoms with Crippen molar-refractivity contribution in [3.8, 4) is 0 Å². The van der Waals surface area contributed by atoms with Crippen LogP contribution < -0.4 is 0 Å². The molecule has 2 N–H and O–H groups in total. The molecule has 5 heteroatoms. The van der Waals surface area contributed by atoms with Crippen molar-refractivity contribution in [1.82, 2.24) is 0 Å². The van der Waals surface area contributed by atoms with Gasteiger partial charge in [0.25, 0.3) is 0 Å². The molecule has 0 radical (unpaired) electrons. The van der Waals surface area contributed by atoms with Gasteiger partial charge in [-0.2, -0.15) is 4.31 Å². The van der Waals surface area contributed by atoms with Crippen LogP contribution in [0.1, 0.15) is 96.3 Å². The lowest BCUT2D eigenvalue weighted by Gasteiger charge is -2.46. The topological polar surface area (TPSA) is 49.7 Å². The van der Waals surface area contributed by atoms with Crippen molar-refractivity contribution in [2.24, 2.45) is 0 Å². The van der Waals surface area contributed by atoms with E-state index in [0.29, 0.717) is 17.0 Å². The number of hydrogen-bond donors (Lipinski definition) is 2. The SMILES string of the molecule is OP(O)O[P+](C1CCCCC1)(C1CCCCC1)C1CCCCC1. The molecule has 3 aliphatic rings. The minimum Gasteiger partial charge on any atom is -0.326 e. The summed E-state index contributed by atoms with van der Waals surface area (Å²) in [5, 5.41) is 0. The van der Waals surface area contributed by atoms with Crippen LogP contribution in [0.4, 0.5) is 0 Å². The standard InChI is InChI=1S/C18H35O3P2/c19-22(20)21-23(16-10-4-1-5-11-16,17-12-6-2-7-13-17)18-14-8-3-9-15-18/h16-20H,1-15H2/q+1. The van der Waals surface area contributed by atoms with E-state index in [1.54, 1.807) is 0 Å². The third-order valence-electron chi connectivity index (χ3n) is 6.65. The average Bonchev–Trinajstić information content (AvgIpc) is 2.62. The van der Waals surface area contributed by atoms with Gasteiger partial charge in [0.05, 0.1) is 17.0 Å². The molecule has 0 aliphatic heterocycles. The summed E-state index contributed by atoms with van der Waals surface area (Å²) < 4.78 is 6.34. The summed E-state index contributed by atoms with van der Waals surface area (Å²) in [6.07, 6.45) is 19.7. The lowest BCUT2D eigenvalue weighted by Crippen LogP contribution is -2.36. The van der Waals surface area contributed by atoms with Gasteiger partial charge in [0.2, 0.25) is 0 Å². The van der Waals surface area contributed by atoms with Crippen LogP contribution in [-0.2, 0) is 4.31 Å². The van der Waals surface area contributed by atoms with Gasteiger partial charge in [0.1, 0.15) is 0 Å². The van der Waals surface area contributed by atoms with Crippen LogP contribution >= 0.6 is 16.1 Å². The summed E-state index contributed by atoms with van der Waals surface area (Å²) in [5.41, 5.74) is 1.98. The summed E-state index contributed by atoms with van der Waals surface area (Å²) in [6.45, 7) is 0. The highest BCUT2D eigenvalue weighted by molar-refractivity contribution is 7.77. The summed E-state index contributed by atoms with van der Waals surface area (Å²) in [7, 11) is -3.96. The van der Waals surface area contributed by atoms with E-state index in [4.69, 9.17) is 4.31 Å². The molecule has 3 rings (SSSR count). The molecule has 0 bridgehead atoms. The van der Waals surface area contributed by atoms with Gasteiger partial charge in [0.15, 0.2) is 7.49 Å². The Morgan fingerprint density at radius 1 is 0.565 bits per heavy atom. The molecule has 134 valence electrons. The Bertz CT molecular complexity index is 301. The van der Waals surface area contributed by atoms with Crippen molar-refractivity contribution in [1.29, 1.82) is 0 Å². The zero-order valence-electron chi connectivity index (χ0n) is 14.5. The maximum atomic E-state index is 9.91. The molecule has 0 heterocycles. The molecule has 0 atom stereocenters. The van der Waals surface area contributed by atoms with Crippen molar-refractivity contribution < 1.29 is 14.1 Å². The van der Waals surface area contributed by atoms with E-state index in [9.17, 15) is 9.79 Å². The van der Waals surface area contributed by atoms with Gasteiger partial charge in [-0.3, -0.25) is 0 Å². The maximum Gasteiger partial charge on any atom is 0.366 e.